The molecule has 130 valence electrons. The maximum Gasteiger partial charge on any atom is 0.224 e. The van der Waals surface area contributed by atoms with E-state index < -0.39 is 0 Å². The zero-order valence-electron chi connectivity index (χ0n) is 14.5. The number of carbonyl (C=O) groups excluding carboxylic acids is 1. The SMILES string of the molecule is CC(C)n1c([C@@H](C)NC(=O)Cc2cccc(Cl)c2)nc2cccnc21. The number of nitrogens with one attached hydrogen (secondary N) is 1. The average Bonchev–Trinajstić information content (AvgIpc) is 2.94. The van der Waals surface area contributed by atoms with E-state index in [0.29, 0.717) is 5.02 Å². The van der Waals surface area contributed by atoms with Gasteiger partial charge in [0.2, 0.25) is 5.91 Å². The van der Waals surface area contributed by atoms with Crippen LogP contribution in [0.3, 0.4) is 0 Å². The van der Waals surface area contributed by atoms with Crippen molar-refractivity contribution in [2.45, 2.75) is 39.3 Å². The molecule has 1 aromatic carbocycles. The number of hydrogen-bond acceptors (Lipinski definition) is 3. The van der Waals surface area contributed by atoms with Crippen molar-refractivity contribution < 1.29 is 4.79 Å². The van der Waals surface area contributed by atoms with Crippen molar-refractivity contribution in [2.75, 3.05) is 0 Å². The molecule has 1 atom stereocenters. The molecule has 0 radical (unpaired) electrons. The molecular formula is C19H21ClN4O. The van der Waals surface area contributed by atoms with Gasteiger partial charge >= 0.3 is 0 Å². The Bertz CT molecular complexity index is 903. The highest BCUT2D eigenvalue weighted by Gasteiger charge is 2.20. The molecule has 1 amide bonds. The van der Waals surface area contributed by atoms with Gasteiger partial charge in [0.05, 0.1) is 12.5 Å². The molecule has 3 aromatic rings. The number of carbonyl (C=O) groups is 1. The molecule has 0 aliphatic rings. The van der Waals surface area contributed by atoms with Gasteiger partial charge in [-0.05, 0) is 50.6 Å². The van der Waals surface area contributed by atoms with Gasteiger partial charge in [-0.3, -0.25) is 4.79 Å². The van der Waals surface area contributed by atoms with Crippen LogP contribution in [0.2, 0.25) is 5.02 Å². The van der Waals surface area contributed by atoms with Gasteiger partial charge in [0.15, 0.2) is 5.65 Å². The van der Waals surface area contributed by atoms with Crippen LogP contribution in [-0.2, 0) is 11.2 Å². The van der Waals surface area contributed by atoms with Crippen LogP contribution in [0.1, 0.15) is 44.2 Å². The summed E-state index contributed by atoms with van der Waals surface area (Å²) in [6.45, 7) is 6.11. The van der Waals surface area contributed by atoms with E-state index in [1.54, 1.807) is 18.3 Å². The lowest BCUT2D eigenvalue weighted by atomic mass is 10.1. The predicted octanol–water partition coefficient (Wildman–Crippen LogP) is 4.09. The van der Waals surface area contributed by atoms with Crippen molar-refractivity contribution in [3.05, 3.63) is 59.0 Å². The van der Waals surface area contributed by atoms with E-state index in [2.05, 4.69) is 33.7 Å². The lowest BCUT2D eigenvalue weighted by Crippen LogP contribution is -2.30. The van der Waals surface area contributed by atoms with Crippen molar-refractivity contribution in [3.8, 4) is 0 Å². The maximum absolute atomic E-state index is 12.4. The molecule has 2 aromatic heterocycles. The van der Waals surface area contributed by atoms with Crippen LogP contribution < -0.4 is 5.32 Å². The first-order chi connectivity index (χ1) is 12.0. The van der Waals surface area contributed by atoms with Crippen molar-refractivity contribution in [2.24, 2.45) is 0 Å². The van der Waals surface area contributed by atoms with Crippen molar-refractivity contribution >= 4 is 28.7 Å². The highest BCUT2D eigenvalue weighted by atomic mass is 35.5. The fraction of sp³-hybridized carbons (Fsp3) is 0.316. The normalized spacial score (nSPS) is 12.5. The molecule has 3 rings (SSSR count). The van der Waals surface area contributed by atoms with E-state index in [0.717, 1.165) is 22.6 Å². The van der Waals surface area contributed by atoms with Crippen LogP contribution in [0.4, 0.5) is 0 Å². The molecule has 0 aliphatic carbocycles. The zero-order chi connectivity index (χ0) is 18.0. The molecular weight excluding hydrogens is 336 g/mol. The largest absolute Gasteiger partial charge is 0.346 e. The number of pyridine rings is 1. The smallest absolute Gasteiger partial charge is 0.224 e. The Morgan fingerprint density at radius 2 is 2.04 bits per heavy atom. The summed E-state index contributed by atoms with van der Waals surface area (Å²) in [7, 11) is 0. The molecule has 5 nitrogen and oxygen atoms in total. The maximum atomic E-state index is 12.4. The van der Waals surface area contributed by atoms with E-state index in [-0.39, 0.29) is 24.4 Å². The van der Waals surface area contributed by atoms with Gasteiger partial charge in [-0.2, -0.15) is 0 Å². The predicted molar refractivity (Wildman–Crippen MR) is 99.6 cm³/mol. The number of hydrogen-bond donors (Lipinski definition) is 1. The number of imidazole rings is 1. The highest BCUT2D eigenvalue weighted by Crippen LogP contribution is 2.23. The Kier molecular flexibility index (Phi) is 5.04. The lowest BCUT2D eigenvalue weighted by Gasteiger charge is -2.18. The molecule has 0 spiro atoms. The summed E-state index contributed by atoms with van der Waals surface area (Å²) in [5, 5.41) is 3.66. The second kappa shape index (κ2) is 7.23. The van der Waals surface area contributed by atoms with Gasteiger partial charge < -0.3 is 9.88 Å². The summed E-state index contributed by atoms with van der Waals surface area (Å²) in [6, 6.07) is 11.1. The average molecular weight is 357 g/mol. The fourth-order valence-electron chi connectivity index (χ4n) is 2.95. The molecule has 0 bridgehead atoms. The minimum Gasteiger partial charge on any atom is -0.346 e. The van der Waals surface area contributed by atoms with Crippen molar-refractivity contribution in [1.29, 1.82) is 0 Å². The van der Waals surface area contributed by atoms with E-state index in [9.17, 15) is 4.79 Å². The second-order valence-electron chi connectivity index (χ2n) is 6.38. The van der Waals surface area contributed by atoms with Crippen LogP contribution in [0, 0.1) is 0 Å². The Balaban J connectivity index is 1.81. The molecule has 0 saturated carbocycles. The fourth-order valence-corrected chi connectivity index (χ4v) is 3.16. The topological polar surface area (TPSA) is 59.8 Å². The second-order valence-corrected chi connectivity index (χ2v) is 6.81. The van der Waals surface area contributed by atoms with Gasteiger partial charge in [-0.1, -0.05) is 23.7 Å². The van der Waals surface area contributed by atoms with Crippen LogP contribution in [0.25, 0.3) is 11.2 Å². The first kappa shape index (κ1) is 17.4. The summed E-state index contributed by atoms with van der Waals surface area (Å²) in [5.41, 5.74) is 2.56. The summed E-state index contributed by atoms with van der Waals surface area (Å²) in [4.78, 5) is 21.5. The summed E-state index contributed by atoms with van der Waals surface area (Å²) < 4.78 is 2.07. The quantitative estimate of drug-likeness (QED) is 0.749. The molecule has 0 aliphatic heterocycles. The molecule has 0 unspecified atom stereocenters. The zero-order valence-corrected chi connectivity index (χ0v) is 15.3. The van der Waals surface area contributed by atoms with E-state index in [4.69, 9.17) is 11.6 Å². The monoisotopic (exact) mass is 356 g/mol. The summed E-state index contributed by atoms with van der Waals surface area (Å²) in [5.74, 6) is 0.744. The number of amides is 1. The van der Waals surface area contributed by atoms with Gasteiger partial charge in [0, 0.05) is 17.3 Å². The van der Waals surface area contributed by atoms with E-state index >= 15 is 0 Å². The van der Waals surface area contributed by atoms with E-state index in [1.807, 2.05) is 31.2 Å². The van der Waals surface area contributed by atoms with E-state index in [1.165, 1.54) is 0 Å². The van der Waals surface area contributed by atoms with Gasteiger partial charge in [-0.25, -0.2) is 9.97 Å². The third kappa shape index (κ3) is 3.82. The van der Waals surface area contributed by atoms with Crippen molar-refractivity contribution in [3.63, 3.8) is 0 Å². The minimum absolute atomic E-state index is 0.0647. The Labute approximate surface area is 152 Å². The van der Waals surface area contributed by atoms with Gasteiger partial charge in [0.25, 0.3) is 0 Å². The number of rotatable bonds is 5. The third-order valence-corrected chi connectivity index (χ3v) is 4.25. The van der Waals surface area contributed by atoms with Crippen LogP contribution in [0.5, 0.6) is 0 Å². The number of nitrogens with zero attached hydrogens (tertiary/aromatic N) is 3. The molecule has 2 heterocycles. The molecule has 6 heteroatoms. The Morgan fingerprint density at radius 1 is 1.24 bits per heavy atom. The number of benzene rings is 1. The number of halogens is 1. The molecule has 25 heavy (non-hydrogen) atoms. The third-order valence-electron chi connectivity index (χ3n) is 4.01. The Morgan fingerprint density at radius 3 is 2.76 bits per heavy atom. The summed E-state index contributed by atoms with van der Waals surface area (Å²) in [6.07, 6.45) is 2.04. The van der Waals surface area contributed by atoms with Crippen LogP contribution in [-0.4, -0.2) is 20.4 Å². The Hall–Kier alpha value is -2.40. The molecule has 1 N–H and O–H groups in total. The first-order valence-electron chi connectivity index (χ1n) is 8.32. The molecule has 0 fully saturated rings. The first-order valence-corrected chi connectivity index (χ1v) is 8.70. The summed E-state index contributed by atoms with van der Waals surface area (Å²) >= 11 is 5.98. The van der Waals surface area contributed by atoms with Crippen LogP contribution >= 0.6 is 11.6 Å². The van der Waals surface area contributed by atoms with Gasteiger partial charge in [-0.15, -0.1) is 0 Å². The lowest BCUT2D eigenvalue weighted by molar-refractivity contribution is -0.121. The minimum atomic E-state index is -0.219. The highest BCUT2D eigenvalue weighted by molar-refractivity contribution is 6.30. The standard InChI is InChI=1S/C19H21ClN4O/c1-12(2)24-18(23-16-8-5-9-21-19(16)24)13(3)22-17(25)11-14-6-4-7-15(20)10-14/h4-10,12-13H,11H2,1-3H3,(H,22,25)/t13-/m1/s1. The number of aromatic nitrogens is 3. The van der Waals surface area contributed by atoms with Gasteiger partial charge in [0.1, 0.15) is 11.3 Å². The molecule has 0 saturated heterocycles. The van der Waals surface area contributed by atoms with Crippen molar-refractivity contribution in [1.82, 2.24) is 19.9 Å². The number of fused-ring (bicyclic) bond motifs is 1. The van der Waals surface area contributed by atoms with Crippen LogP contribution in [0.15, 0.2) is 42.6 Å².